The molecule has 2 rings (SSSR count). The van der Waals surface area contributed by atoms with E-state index in [2.05, 4.69) is 5.32 Å². The van der Waals surface area contributed by atoms with Crippen molar-refractivity contribution in [2.75, 3.05) is 13.2 Å². The molecular formula is C13H17F2NO2. The van der Waals surface area contributed by atoms with Crippen molar-refractivity contribution in [1.29, 1.82) is 0 Å². The summed E-state index contributed by atoms with van der Waals surface area (Å²) in [5.74, 6) is -1.38. The van der Waals surface area contributed by atoms with Crippen LogP contribution >= 0.6 is 0 Å². The summed E-state index contributed by atoms with van der Waals surface area (Å²) in [4.78, 5) is 0. The van der Waals surface area contributed by atoms with Gasteiger partial charge in [0.25, 0.3) is 0 Å². The van der Waals surface area contributed by atoms with E-state index >= 15 is 0 Å². The summed E-state index contributed by atoms with van der Waals surface area (Å²) in [6.45, 7) is 1.83. The van der Waals surface area contributed by atoms with Crippen molar-refractivity contribution in [3.63, 3.8) is 0 Å². The zero-order valence-electron chi connectivity index (χ0n) is 10.2. The van der Waals surface area contributed by atoms with E-state index in [0.29, 0.717) is 6.04 Å². The van der Waals surface area contributed by atoms with Crippen LogP contribution < -0.4 is 10.1 Å². The molecule has 0 aliphatic heterocycles. The highest BCUT2D eigenvalue weighted by Crippen LogP contribution is 2.24. The first kappa shape index (κ1) is 13.2. The second kappa shape index (κ2) is 5.20. The van der Waals surface area contributed by atoms with Crippen molar-refractivity contribution < 1.29 is 18.6 Å². The maximum Gasteiger partial charge on any atom is 0.167 e. The molecule has 0 spiro atoms. The van der Waals surface area contributed by atoms with Crippen molar-refractivity contribution in [3.8, 4) is 5.75 Å². The molecule has 0 radical (unpaired) electrons. The highest BCUT2D eigenvalue weighted by atomic mass is 19.1. The number of nitrogens with one attached hydrogen (secondary N) is 1. The lowest BCUT2D eigenvalue weighted by Gasteiger charge is -2.28. The van der Waals surface area contributed by atoms with E-state index < -0.39 is 17.2 Å². The summed E-state index contributed by atoms with van der Waals surface area (Å²) >= 11 is 0. The molecule has 18 heavy (non-hydrogen) atoms. The number of aliphatic hydroxyl groups is 1. The van der Waals surface area contributed by atoms with Gasteiger partial charge in [-0.3, -0.25) is 0 Å². The van der Waals surface area contributed by atoms with Crippen LogP contribution in [0.2, 0.25) is 0 Å². The molecule has 0 bridgehead atoms. The van der Waals surface area contributed by atoms with Crippen LogP contribution in [0.25, 0.3) is 0 Å². The first-order valence-corrected chi connectivity index (χ1v) is 5.99. The predicted octanol–water partition coefficient (Wildman–Crippen LogP) is 1.85. The van der Waals surface area contributed by atoms with E-state index in [-0.39, 0.29) is 19.0 Å². The first-order chi connectivity index (χ1) is 8.52. The minimum atomic E-state index is -0.735. The zero-order chi connectivity index (χ0) is 13.2. The molecule has 1 fully saturated rings. The van der Waals surface area contributed by atoms with E-state index in [1.807, 2.05) is 6.92 Å². The van der Waals surface area contributed by atoms with E-state index in [4.69, 9.17) is 4.74 Å². The topological polar surface area (TPSA) is 41.5 Å². The van der Waals surface area contributed by atoms with Gasteiger partial charge in [-0.15, -0.1) is 0 Å². The highest BCUT2D eigenvalue weighted by Gasteiger charge is 2.32. The van der Waals surface area contributed by atoms with Gasteiger partial charge in [-0.05, 0) is 31.9 Å². The Morgan fingerprint density at radius 3 is 2.72 bits per heavy atom. The van der Waals surface area contributed by atoms with Crippen LogP contribution in [-0.4, -0.2) is 29.9 Å². The monoisotopic (exact) mass is 257 g/mol. The SMILES string of the molecule is CC(CO)(COc1ccc(F)cc1F)NC1CC1. The van der Waals surface area contributed by atoms with Gasteiger partial charge in [0, 0.05) is 12.1 Å². The molecule has 1 saturated carbocycles. The van der Waals surface area contributed by atoms with Crippen LogP contribution in [0.3, 0.4) is 0 Å². The van der Waals surface area contributed by atoms with Gasteiger partial charge < -0.3 is 15.2 Å². The second-order valence-electron chi connectivity index (χ2n) is 5.00. The average Bonchev–Trinajstić information content (AvgIpc) is 3.12. The molecule has 1 aromatic carbocycles. The van der Waals surface area contributed by atoms with Crippen molar-refractivity contribution in [2.24, 2.45) is 0 Å². The Morgan fingerprint density at radius 1 is 1.44 bits per heavy atom. The Kier molecular flexibility index (Phi) is 3.82. The standard InChI is InChI=1S/C13H17F2NO2/c1-13(7-17,16-10-3-4-10)8-18-12-5-2-9(14)6-11(12)15/h2,5-6,10,16-17H,3-4,7-8H2,1H3. The van der Waals surface area contributed by atoms with Crippen molar-refractivity contribution in [2.45, 2.75) is 31.3 Å². The highest BCUT2D eigenvalue weighted by molar-refractivity contribution is 5.24. The molecule has 1 aromatic rings. The van der Waals surface area contributed by atoms with Gasteiger partial charge in [0.2, 0.25) is 0 Å². The van der Waals surface area contributed by atoms with E-state index in [9.17, 15) is 13.9 Å². The van der Waals surface area contributed by atoms with Gasteiger partial charge >= 0.3 is 0 Å². The summed E-state index contributed by atoms with van der Waals surface area (Å²) in [7, 11) is 0. The molecule has 1 aliphatic carbocycles. The Bertz CT molecular complexity index is 423. The Hall–Kier alpha value is -1.20. The quantitative estimate of drug-likeness (QED) is 0.817. The largest absolute Gasteiger partial charge is 0.489 e. The minimum Gasteiger partial charge on any atom is -0.489 e. The van der Waals surface area contributed by atoms with E-state index in [0.717, 1.165) is 25.0 Å². The second-order valence-corrected chi connectivity index (χ2v) is 5.00. The lowest BCUT2D eigenvalue weighted by atomic mass is 10.1. The Labute approximate surface area is 105 Å². The summed E-state index contributed by atoms with van der Waals surface area (Å²) < 4.78 is 31.4. The summed E-state index contributed by atoms with van der Waals surface area (Å²) in [6, 6.07) is 3.58. The fourth-order valence-corrected chi connectivity index (χ4v) is 1.68. The third-order valence-electron chi connectivity index (χ3n) is 2.92. The summed E-state index contributed by atoms with van der Waals surface area (Å²) in [5.41, 5.74) is -0.609. The maximum absolute atomic E-state index is 13.4. The Balaban J connectivity index is 1.95. The molecule has 0 heterocycles. The number of hydrogen-bond donors (Lipinski definition) is 2. The van der Waals surface area contributed by atoms with Crippen LogP contribution in [0.15, 0.2) is 18.2 Å². The Morgan fingerprint density at radius 2 is 2.17 bits per heavy atom. The van der Waals surface area contributed by atoms with Crippen LogP contribution in [0.4, 0.5) is 8.78 Å². The molecule has 2 N–H and O–H groups in total. The van der Waals surface area contributed by atoms with Crippen LogP contribution in [-0.2, 0) is 0 Å². The number of aliphatic hydroxyl groups excluding tert-OH is 1. The lowest BCUT2D eigenvalue weighted by molar-refractivity contribution is 0.112. The molecule has 5 heteroatoms. The minimum absolute atomic E-state index is 0.00586. The lowest BCUT2D eigenvalue weighted by Crippen LogP contribution is -2.51. The molecule has 3 nitrogen and oxygen atoms in total. The third kappa shape index (κ3) is 3.40. The van der Waals surface area contributed by atoms with Gasteiger partial charge in [-0.25, -0.2) is 8.78 Å². The van der Waals surface area contributed by atoms with Gasteiger partial charge in [0.1, 0.15) is 12.4 Å². The van der Waals surface area contributed by atoms with Gasteiger partial charge in [0.05, 0.1) is 12.1 Å². The molecule has 0 amide bonds. The number of rotatable bonds is 6. The van der Waals surface area contributed by atoms with Crippen LogP contribution in [0.5, 0.6) is 5.75 Å². The molecule has 1 unspecified atom stereocenters. The number of benzene rings is 1. The predicted molar refractivity (Wildman–Crippen MR) is 63.5 cm³/mol. The third-order valence-corrected chi connectivity index (χ3v) is 2.92. The molecule has 0 saturated heterocycles. The van der Waals surface area contributed by atoms with Gasteiger partial charge in [-0.1, -0.05) is 0 Å². The van der Waals surface area contributed by atoms with Gasteiger partial charge in [-0.2, -0.15) is 0 Å². The van der Waals surface area contributed by atoms with Crippen molar-refractivity contribution in [3.05, 3.63) is 29.8 Å². The molecule has 1 aliphatic rings. The van der Waals surface area contributed by atoms with E-state index in [1.165, 1.54) is 6.07 Å². The maximum atomic E-state index is 13.4. The molecule has 1 atom stereocenters. The normalized spacial score (nSPS) is 18.4. The fourth-order valence-electron chi connectivity index (χ4n) is 1.68. The number of hydrogen-bond acceptors (Lipinski definition) is 3. The van der Waals surface area contributed by atoms with Crippen molar-refractivity contribution in [1.82, 2.24) is 5.32 Å². The number of halogens is 2. The van der Waals surface area contributed by atoms with Crippen LogP contribution in [0, 0.1) is 11.6 Å². The first-order valence-electron chi connectivity index (χ1n) is 5.99. The smallest absolute Gasteiger partial charge is 0.167 e. The van der Waals surface area contributed by atoms with Gasteiger partial charge in [0.15, 0.2) is 11.6 Å². The molecule has 0 aromatic heterocycles. The fraction of sp³-hybridized carbons (Fsp3) is 0.538. The van der Waals surface area contributed by atoms with E-state index in [1.54, 1.807) is 0 Å². The number of ether oxygens (including phenoxy) is 1. The molecule has 100 valence electrons. The summed E-state index contributed by atoms with van der Waals surface area (Å²) in [6.07, 6.45) is 2.17. The summed E-state index contributed by atoms with van der Waals surface area (Å²) in [5, 5.41) is 12.6. The zero-order valence-corrected chi connectivity index (χ0v) is 10.2. The van der Waals surface area contributed by atoms with Crippen molar-refractivity contribution >= 4 is 0 Å². The molecular weight excluding hydrogens is 240 g/mol. The van der Waals surface area contributed by atoms with Crippen LogP contribution in [0.1, 0.15) is 19.8 Å². The average molecular weight is 257 g/mol.